The third-order valence-corrected chi connectivity index (χ3v) is 5.28. The fourth-order valence-corrected chi connectivity index (χ4v) is 3.71. The molecule has 0 fully saturated rings. The Hall–Kier alpha value is -3.27. The van der Waals surface area contributed by atoms with E-state index in [1.54, 1.807) is 43.4 Å². The minimum absolute atomic E-state index is 0.00179. The molecule has 0 atom stereocenters. The first kappa shape index (κ1) is 21.4. The molecule has 0 saturated heterocycles. The summed E-state index contributed by atoms with van der Waals surface area (Å²) in [5, 5.41) is 11.3. The van der Waals surface area contributed by atoms with Crippen molar-refractivity contribution in [2.24, 2.45) is 0 Å². The highest BCUT2D eigenvalue weighted by atomic mass is 32.2. The van der Waals surface area contributed by atoms with Gasteiger partial charge in [-0.3, -0.25) is 14.9 Å². The first-order chi connectivity index (χ1) is 14.2. The molecule has 1 heterocycles. The highest BCUT2D eigenvalue weighted by Gasteiger charge is 2.33. The first-order valence-electron chi connectivity index (χ1n) is 8.57. The van der Waals surface area contributed by atoms with Gasteiger partial charge in [0.1, 0.15) is 5.76 Å². The van der Waals surface area contributed by atoms with E-state index in [0.29, 0.717) is 16.7 Å². The molecule has 0 spiro atoms. The van der Waals surface area contributed by atoms with E-state index in [1.165, 1.54) is 11.2 Å². The van der Waals surface area contributed by atoms with Crippen molar-refractivity contribution in [2.45, 2.75) is 22.5 Å². The van der Waals surface area contributed by atoms with Gasteiger partial charge in [-0.2, -0.15) is 13.2 Å². The molecule has 3 aromatic rings. The number of alkyl halides is 3. The van der Waals surface area contributed by atoms with E-state index in [1.807, 2.05) is 0 Å². The van der Waals surface area contributed by atoms with Crippen LogP contribution in [0.4, 0.5) is 18.9 Å². The van der Waals surface area contributed by atoms with E-state index in [4.69, 9.17) is 4.42 Å². The smallest absolute Gasteiger partial charge is 0.416 e. The molecule has 156 valence electrons. The summed E-state index contributed by atoms with van der Waals surface area (Å²) in [6, 6.07) is 12.1. The number of hydrogen-bond donors (Lipinski definition) is 0. The Morgan fingerprint density at radius 3 is 2.50 bits per heavy atom. The Kier molecular flexibility index (Phi) is 6.16. The molecule has 3 rings (SSSR count). The van der Waals surface area contributed by atoms with Gasteiger partial charge in [0.25, 0.3) is 11.6 Å². The molecule has 0 saturated carbocycles. The largest absolute Gasteiger partial charge is 0.467 e. The zero-order valence-corrected chi connectivity index (χ0v) is 16.4. The Morgan fingerprint density at radius 2 is 1.87 bits per heavy atom. The number of halogens is 3. The number of furan rings is 1. The molecule has 1 aromatic heterocycles. The Morgan fingerprint density at radius 1 is 1.13 bits per heavy atom. The van der Waals surface area contributed by atoms with E-state index in [0.717, 1.165) is 23.9 Å². The number of carbonyl (C=O) groups excluding carboxylic acids is 1. The van der Waals surface area contributed by atoms with Crippen molar-refractivity contribution in [3.8, 4) is 0 Å². The van der Waals surface area contributed by atoms with Gasteiger partial charge >= 0.3 is 6.18 Å². The number of amides is 1. The van der Waals surface area contributed by atoms with Crippen molar-refractivity contribution in [1.29, 1.82) is 0 Å². The highest BCUT2D eigenvalue weighted by Crippen LogP contribution is 2.40. The standard InChI is InChI=1S/C20H15F3N2O4S/c1-24(12-14-5-4-10-29-14)19(26)15-6-2-3-7-17(15)30-18-9-8-13(20(21,22)23)11-16(18)25(27)28/h2-11H,12H2,1H3. The van der Waals surface area contributed by atoms with Gasteiger partial charge in [0.05, 0.1) is 33.8 Å². The minimum Gasteiger partial charge on any atom is -0.467 e. The molecule has 0 N–H and O–H groups in total. The second-order valence-electron chi connectivity index (χ2n) is 6.28. The van der Waals surface area contributed by atoms with E-state index in [-0.39, 0.29) is 22.9 Å². The van der Waals surface area contributed by atoms with Crippen LogP contribution in [0.2, 0.25) is 0 Å². The second-order valence-corrected chi connectivity index (χ2v) is 7.36. The molecule has 0 aliphatic rings. The summed E-state index contributed by atoms with van der Waals surface area (Å²) >= 11 is 0.862. The number of benzene rings is 2. The van der Waals surface area contributed by atoms with Crippen LogP contribution in [0.15, 0.2) is 75.1 Å². The van der Waals surface area contributed by atoms with Gasteiger partial charge in [-0.1, -0.05) is 23.9 Å². The van der Waals surface area contributed by atoms with Crippen LogP contribution in [0.5, 0.6) is 0 Å². The van der Waals surface area contributed by atoms with Crippen LogP contribution in [0.25, 0.3) is 0 Å². The van der Waals surface area contributed by atoms with E-state index >= 15 is 0 Å². The first-order valence-corrected chi connectivity index (χ1v) is 9.39. The van der Waals surface area contributed by atoms with E-state index in [2.05, 4.69) is 0 Å². The number of nitrogens with zero attached hydrogens (tertiary/aromatic N) is 2. The van der Waals surface area contributed by atoms with Crippen LogP contribution >= 0.6 is 11.8 Å². The molecule has 0 aliphatic heterocycles. The lowest BCUT2D eigenvalue weighted by molar-refractivity contribution is -0.388. The van der Waals surface area contributed by atoms with Crippen LogP contribution < -0.4 is 0 Å². The predicted octanol–water partition coefficient (Wildman–Crippen LogP) is 5.63. The third kappa shape index (κ3) is 4.82. The number of hydrogen-bond acceptors (Lipinski definition) is 5. The average molecular weight is 436 g/mol. The van der Waals surface area contributed by atoms with Gasteiger partial charge in [-0.05, 0) is 36.4 Å². The normalized spacial score (nSPS) is 11.3. The molecule has 0 radical (unpaired) electrons. The average Bonchev–Trinajstić information content (AvgIpc) is 3.20. The van der Waals surface area contributed by atoms with Crippen molar-refractivity contribution in [1.82, 2.24) is 4.90 Å². The Balaban J connectivity index is 1.91. The van der Waals surface area contributed by atoms with E-state index < -0.39 is 22.4 Å². The van der Waals surface area contributed by atoms with Crippen molar-refractivity contribution in [3.63, 3.8) is 0 Å². The lowest BCUT2D eigenvalue weighted by Gasteiger charge is -2.18. The maximum absolute atomic E-state index is 12.9. The monoisotopic (exact) mass is 436 g/mol. The van der Waals surface area contributed by atoms with Gasteiger partial charge < -0.3 is 9.32 Å². The quantitative estimate of drug-likeness (QED) is 0.370. The summed E-state index contributed by atoms with van der Waals surface area (Å²) in [5.74, 6) is 0.221. The molecule has 1 amide bonds. The fourth-order valence-electron chi connectivity index (χ4n) is 2.69. The number of rotatable bonds is 6. The van der Waals surface area contributed by atoms with Gasteiger partial charge in [0.2, 0.25) is 0 Å². The number of nitro benzene ring substituents is 1. The van der Waals surface area contributed by atoms with Gasteiger partial charge in [-0.25, -0.2) is 0 Å². The Labute approximate surface area is 173 Å². The zero-order chi connectivity index (χ0) is 21.9. The van der Waals surface area contributed by atoms with Crippen LogP contribution in [0.1, 0.15) is 21.7 Å². The lowest BCUT2D eigenvalue weighted by atomic mass is 10.2. The predicted molar refractivity (Wildman–Crippen MR) is 103 cm³/mol. The summed E-state index contributed by atoms with van der Waals surface area (Å²) < 4.78 is 44.0. The summed E-state index contributed by atoms with van der Waals surface area (Å²) in [5.41, 5.74) is -1.52. The van der Waals surface area contributed by atoms with Crippen LogP contribution in [0.3, 0.4) is 0 Å². The molecule has 0 aliphatic carbocycles. The van der Waals surface area contributed by atoms with Crippen molar-refractivity contribution < 1.29 is 27.3 Å². The number of carbonyl (C=O) groups is 1. The SMILES string of the molecule is CN(Cc1ccco1)C(=O)c1ccccc1Sc1ccc(C(F)(F)F)cc1[N+](=O)[O-]. The zero-order valence-electron chi connectivity index (χ0n) is 15.6. The van der Waals surface area contributed by atoms with E-state index in [9.17, 15) is 28.1 Å². The molecule has 2 aromatic carbocycles. The fraction of sp³-hybridized carbons (Fsp3) is 0.150. The molecule has 0 bridgehead atoms. The summed E-state index contributed by atoms with van der Waals surface area (Å²) in [4.78, 5) is 25.1. The molecular formula is C20H15F3N2O4S. The maximum atomic E-state index is 12.9. The summed E-state index contributed by atoms with van der Waals surface area (Å²) in [6.45, 7) is 0.214. The van der Waals surface area contributed by atoms with Gasteiger partial charge in [0, 0.05) is 18.0 Å². The molecule has 30 heavy (non-hydrogen) atoms. The highest BCUT2D eigenvalue weighted by molar-refractivity contribution is 7.99. The second kappa shape index (κ2) is 8.62. The Bertz CT molecular complexity index is 1070. The van der Waals surface area contributed by atoms with Crippen molar-refractivity contribution in [3.05, 3.63) is 87.9 Å². The van der Waals surface area contributed by atoms with Gasteiger partial charge in [-0.15, -0.1) is 0 Å². The third-order valence-electron chi connectivity index (χ3n) is 4.14. The molecule has 0 unspecified atom stereocenters. The number of nitro groups is 1. The van der Waals surface area contributed by atoms with Crippen LogP contribution in [-0.4, -0.2) is 22.8 Å². The molecular weight excluding hydrogens is 421 g/mol. The summed E-state index contributed by atoms with van der Waals surface area (Å²) in [7, 11) is 1.58. The molecule has 6 nitrogen and oxygen atoms in total. The van der Waals surface area contributed by atoms with Crippen LogP contribution in [-0.2, 0) is 12.7 Å². The topological polar surface area (TPSA) is 76.6 Å². The van der Waals surface area contributed by atoms with Crippen LogP contribution in [0, 0.1) is 10.1 Å². The lowest BCUT2D eigenvalue weighted by Crippen LogP contribution is -2.26. The summed E-state index contributed by atoms with van der Waals surface area (Å²) in [6.07, 6.45) is -3.21. The minimum atomic E-state index is -4.70. The van der Waals surface area contributed by atoms with Crippen molar-refractivity contribution >= 4 is 23.4 Å². The van der Waals surface area contributed by atoms with Crippen molar-refractivity contribution in [2.75, 3.05) is 7.05 Å². The van der Waals surface area contributed by atoms with Gasteiger partial charge in [0.15, 0.2) is 0 Å². The maximum Gasteiger partial charge on any atom is 0.416 e. The molecule has 10 heteroatoms.